The van der Waals surface area contributed by atoms with Crippen LogP contribution in [0.5, 0.6) is 0 Å². The Hall–Kier alpha value is -3.52. The van der Waals surface area contributed by atoms with Crippen LogP contribution in [0.1, 0.15) is 0 Å². The van der Waals surface area contributed by atoms with E-state index in [-0.39, 0.29) is 5.69 Å². The molecular formula is C19H12N4O3S. The summed E-state index contributed by atoms with van der Waals surface area (Å²) in [5, 5.41) is 20.2. The molecule has 27 heavy (non-hydrogen) atoms. The van der Waals surface area contributed by atoms with Gasteiger partial charge in [0.25, 0.3) is 10.9 Å². The predicted molar refractivity (Wildman–Crippen MR) is 100 cm³/mol. The first-order chi connectivity index (χ1) is 13.2. The molecule has 4 aromatic rings. The quantitative estimate of drug-likeness (QED) is 0.362. The van der Waals surface area contributed by atoms with Gasteiger partial charge >= 0.3 is 0 Å². The van der Waals surface area contributed by atoms with E-state index in [1.807, 2.05) is 48.5 Å². The zero-order valence-corrected chi connectivity index (χ0v) is 14.7. The lowest BCUT2D eigenvalue weighted by Gasteiger charge is -2.04. The lowest BCUT2D eigenvalue weighted by atomic mass is 10.1. The van der Waals surface area contributed by atoms with E-state index in [2.05, 4.69) is 15.2 Å². The summed E-state index contributed by atoms with van der Waals surface area (Å²) in [6.45, 7) is 0. The first-order valence-electron chi connectivity index (χ1n) is 7.98. The lowest BCUT2D eigenvalue weighted by molar-refractivity contribution is -0.384. The number of hydrogen-bond donors (Lipinski definition) is 0. The summed E-state index contributed by atoms with van der Waals surface area (Å²) in [5.41, 5.74) is 1.73. The second kappa shape index (κ2) is 7.38. The van der Waals surface area contributed by atoms with Crippen molar-refractivity contribution in [3.8, 4) is 22.7 Å². The Balaban J connectivity index is 1.65. The summed E-state index contributed by atoms with van der Waals surface area (Å²) in [7, 11) is 0. The Kier molecular flexibility index (Phi) is 4.63. The standard InChI is InChI=1S/C19H12N4O3S/c24-23(25)15-11-12-16(20-17(15)13-7-3-1-4-8-13)27-19-22-21-18(26-19)14-9-5-2-6-10-14/h1-12H. The second-order valence-corrected chi connectivity index (χ2v) is 6.45. The fourth-order valence-corrected chi connectivity index (χ4v) is 3.14. The number of pyridine rings is 1. The molecule has 0 saturated heterocycles. The fraction of sp³-hybridized carbons (Fsp3) is 0. The zero-order chi connectivity index (χ0) is 18.6. The van der Waals surface area contributed by atoms with Crippen molar-refractivity contribution in [1.29, 1.82) is 0 Å². The van der Waals surface area contributed by atoms with Crippen LogP contribution >= 0.6 is 11.8 Å². The van der Waals surface area contributed by atoms with Gasteiger partial charge in [0.2, 0.25) is 5.89 Å². The minimum Gasteiger partial charge on any atom is -0.411 e. The number of nitrogens with zero attached hydrogens (tertiary/aromatic N) is 4. The normalized spacial score (nSPS) is 10.7. The molecule has 0 N–H and O–H groups in total. The number of aromatic nitrogens is 3. The maximum Gasteiger partial charge on any atom is 0.295 e. The maximum atomic E-state index is 11.3. The van der Waals surface area contributed by atoms with Crippen molar-refractivity contribution in [1.82, 2.24) is 15.2 Å². The van der Waals surface area contributed by atoms with E-state index in [1.54, 1.807) is 18.2 Å². The summed E-state index contributed by atoms with van der Waals surface area (Å²) in [5.74, 6) is 0.406. The van der Waals surface area contributed by atoms with Gasteiger partial charge < -0.3 is 4.42 Å². The van der Waals surface area contributed by atoms with Crippen LogP contribution in [0.3, 0.4) is 0 Å². The molecule has 8 heteroatoms. The number of benzene rings is 2. The molecule has 0 amide bonds. The minimum atomic E-state index is -0.440. The first kappa shape index (κ1) is 16.9. The van der Waals surface area contributed by atoms with Gasteiger partial charge in [-0.15, -0.1) is 10.2 Å². The SMILES string of the molecule is O=[N+]([O-])c1ccc(Sc2nnc(-c3ccccc3)o2)nc1-c1ccccc1. The third-order valence-corrected chi connectivity index (χ3v) is 4.49. The molecule has 0 saturated carbocycles. The van der Waals surface area contributed by atoms with Gasteiger partial charge in [0.15, 0.2) is 0 Å². The van der Waals surface area contributed by atoms with Gasteiger partial charge in [0, 0.05) is 17.2 Å². The highest BCUT2D eigenvalue weighted by Crippen LogP contribution is 2.33. The van der Waals surface area contributed by atoms with Crippen molar-refractivity contribution >= 4 is 17.4 Å². The third-order valence-electron chi connectivity index (χ3n) is 3.71. The van der Waals surface area contributed by atoms with Gasteiger partial charge in [0.05, 0.1) is 4.92 Å². The molecule has 0 unspecified atom stereocenters. The van der Waals surface area contributed by atoms with Crippen molar-refractivity contribution in [3.05, 3.63) is 82.9 Å². The molecule has 2 heterocycles. The first-order valence-corrected chi connectivity index (χ1v) is 8.80. The number of nitro groups is 1. The molecular weight excluding hydrogens is 364 g/mol. The van der Waals surface area contributed by atoms with Gasteiger partial charge in [-0.1, -0.05) is 48.5 Å². The summed E-state index contributed by atoms with van der Waals surface area (Å²) in [4.78, 5) is 15.3. The molecule has 4 rings (SSSR count). The lowest BCUT2D eigenvalue weighted by Crippen LogP contribution is -1.95. The Morgan fingerprint density at radius 1 is 0.852 bits per heavy atom. The molecule has 0 atom stereocenters. The van der Waals surface area contributed by atoms with Crippen LogP contribution in [0.25, 0.3) is 22.7 Å². The topological polar surface area (TPSA) is 95.0 Å². The van der Waals surface area contributed by atoms with Gasteiger partial charge in [-0.05, 0) is 30.0 Å². The van der Waals surface area contributed by atoms with E-state index in [0.29, 0.717) is 27.4 Å². The molecule has 0 fully saturated rings. The molecule has 0 radical (unpaired) electrons. The highest BCUT2D eigenvalue weighted by molar-refractivity contribution is 7.99. The van der Waals surface area contributed by atoms with Crippen molar-refractivity contribution < 1.29 is 9.34 Å². The molecule has 0 bridgehead atoms. The molecule has 7 nitrogen and oxygen atoms in total. The van der Waals surface area contributed by atoms with Gasteiger partial charge in [-0.3, -0.25) is 10.1 Å². The second-order valence-electron chi connectivity index (χ2n) is 5.48. The summed E-state index contributed by atoms with van der Waals surface area (Å²) >= 11 is 1.16. The third kappa shape index (κ3) is 3.70. The molecule has 2 aromatic heterocycles. The van der Waals surface area contributed by atoms with Gasteiger partial charge in [0.1, 0.15) is 10.7 Å². The van der Waals surface area contributed by atoms with E-state index in [1.165, 1.54) is 6.07 Å². The Bertz CT molecular complexity index is 1080. The predicted octanol–water partition coefficient (Wildman–Crippen LogP) is 4.86. The Morgan fingerprint density at radius 2 is 1.52 bits per heavy atom. The summed E-state index contributed by atoms with van der Waals surface area (Å²) in [6.07, 6.45) is 0. The van der Waals surface area contributed by atoms with Gasteiger partial charge in [-0.25, -0.2) is 4.98 Å². The van der Waals surface area contributed by atoms with Crippen LogP contribution in [0.2, 0.25) is 0 Å². The maximum absolute atomic E-state index is 11.3. The summed E-state index contributed by atoms with van der Waals surface area (Å²) < 4.78 is 5.66. The highest BCUT2D eigenvalue weighted by atomic mass is 32.2. The average molecular weight is 376 g/mol. The van der Waals surface area contributed by atoms with Crippen molar-refractivity contribution in [2.75, 3.05) is 0 Å². The van der Waals surface area contributed by atoms with E-state index in [0.717, 1.165) is 17.3 Å². The van der Waals surface area contributed by atoms with Crippen LogP contribution in [0.15, 0.2) is 87.5 Å². The molecule has 0 spiro atoms. The largest absolute Gasteiger partial charge is 0.411 e. The van der Waals surface area contributed by atoms with Crippen LogP contribution in [0, 0.1) is 10.1 Å². The van der Waals surface area contributed by atoms with Crippen LogP contribution in [-0.4, -0.2) is 20.1 Å². The highest BCUT2D eigenvalue weighted by Gasteiger charge is 2.19. The smallest absolute Gasteiger partial charge is 0.295 e. The molecule has 0 aliphatic heterocycles. The zero-order valence-electron chi connectivity index (χ0n) is 13.9. The molecule has 2 aromatic carbocycles. The van der Waals surface area contributed by atoms with Gasteiger partial charge in [-0.2, -0.15) is 0 Å². The van der Waals surface area contributed by atoms with E-state index in [4.69, 9.17) is 4.42 Å². The molecule has 0 aliphatic carbocycles. The fourth-order valence-electron chi connectivity index (χ4n) is 2.48. The van der Waals surface area contributed by atoms with Crippen LogP contribution < -0.4 is 0 Å². The Morgan fingerprint density at radius 3 is 2.19 bits per heavy atom. The summed E-state index contributed by atoms with van der Waals surface area (Å²) in [6, 6.07) is 21.5. The number of rotatable bonds is 5. The average Bonchev–Trinajstić information content (AvgIpc) is 3.17. The van der Waals surface area contributed by atoms with E-state index >= 15 is 0 Å². The van der Waals surface area contributed by atoms with Crippen LogP contribution in [-0.2, 0) is 0 Å². The van der Waals surface area contributed by atoms with E-state index in [9.17, 15) is 10.1 Å². The van der Waals surface area contributed by atoms with Crippen molar-refractivity contribution in [3.63, 3.8) is 0 Å². The number of hydrogen-bond acceptors (Lipinski definition) is 7. The van der Waals surface area contributed by atoms with Crippen molar-refractivity contribution in [2.45, 2.75) is 10.2 Å². The minimum absolute atomic E-state index is 0.0546. The Labute approximate surface area is 158 Å². The monoisotopic (exact) mass is 376 g/mol. The molecule has 0 aliphatic rings. The molecule has 132 valence electrons. The van der Waals surface area contributed by atoms with Crippen LogP contribution in [0.4, 0.5) is 5.69 Å². The van der Waals surface area contributed by atoms with E-state index < -0.39 is 4.92 Å². The van der Waals surface area contributed by atoms with Crippen molar-refractivity contribution in [2.24, 2.45) is 0 Å².